The van der Waals surface area contributed by atoms with Gasteiger partial charge in [-0.15, -0.1) is 13.2 Å². The summed E-state index contributed by atoms with van der Waals surface area (Å²) in [5, 5.41) is 0. The first-order valence-corrected chi connectivity index (χ1v) is 5.74. The average molecular weight is 285 g/mol. The van der Waals surface area contributed by atoms with E-state index >= 15 is 0 Å². The maximum absolute atomic E-state index is 13.4. The summed E-state index contributed by atoms with van der Waals surface area (Å²) in [7, 11) is 0. The Bertz CT molecular complexity index is 610. The molecular weight excluding hydrogens is 274 g/mol. The van der Waals surface area contributed by atoms with E-state index in [1.54, 1.807) is 6.07 Å². The zero-order chi connectivity index (χ0) is 14.8. The number of alkyl halides is 3. The van der Waals surface area contributed by atoms with Gasteiger partial charge in [0.1, 0.15) is 11.6 Å². The van der Waals surface area contributed by atoms with Crippen molar-refractivity contribution in [3.8, 4) is 16.9 Å². The molecule has 2 rings (SSSR count). The number of hydrogen-bond acceptors (Lipinski definition) is 2. The van der Waals surface area contributed by atoms with E-state index in [4.69, 9.17) is 5.73 Å². The van der Waals surface area contributed by atoms with E-state index in [9.17, 15) is 17.6 Å². The standard InChI is InChI=1S/C14H11F4NO/c15-12-6-5-9(7-10(12)8-19)11-3-1-2-4-13(11)20-14(16,17)18/h1-7H,8,19H2. The van der Waals surface area contributed by atoms with Crippen LogP contribution in [0.15, 0.2) is 42.5 Å². The third-order valence-corrected chi connectivity index (χ3v) is 2.69. The minimum Gasteiger partial charge on any atom is -0.405 e. The molecule has 106 valence electrons. The Hall–Kier alpha value is -2.08. The fourth-order valence-corrected chi connectivity index (χ4v) is 1.82. The Morgan fingerprint density at radius 2 is 1.75 bits per heavy atom. The molecule has 6 heteroatoms. The number of ether oxygens (including phenoxy) is 1. The lowest BCUT2D eigenvalue weighted by atomic mass is 10.0. The van der Waals surface area contributed by atoms with Crippen molar-refractivity contribution in [3.05, 3.63) is 53.8 Å². The molecule has 0 aliphatic rings. The number of rotatable bonds is 3. The molecule has 2 aromatic rings. The monoisotopic (exact) mass is 285 g/mol. The molecule has 0 aliphatic heterocycles. The van der Waals surface area contributed by atoms with Crippen LogP contribution < -0.4 is 10.5 Å². The molecular formula is C14H11F4NO. The van der Waals surface area contributed by atoms with Crippen LogP contribution in [0.2, 0.25) is 0 Å². The van der Waals surface area contributed by atoms with Gasteiger partial charge in [-0.25, -0.2) is 4.39 Å². The third kappa shape index (κ3) is 3.27. The van der Waals surface area contributed by atoms with E-state index in [0.29, 0.717) is 5.56 Å². The summed E-state index contributed by atoms with van der Waals surface area (Å²) in [4.78, 5) is 0. The molecule has 0 aliphatic carbocycles. The van der Waals surface area contributed by atoms with E-state index in [-0.39, 0.29) is 23.4 Å². The SMILES string of the molecule is NCc1cc(-c2ccccc2OC(F)(F)F)ccc1F. The summed E-state index contributed by atoms with van der Waals surface area (Å²) in [6.07, 6.45) is -4.78. The Balaban J connectivity index is 2.47. The van der Waals surface area contributed by atoms with Crippen molar-refractivity contribution >= 4 is 0 Å². The van der Waals surface area contributed by atoms with Crippen LogP contribution in [0.25, 0.3) is 11.1 Å². The van der Waals surface area contributed by atoms with Crippen LogP contribution in [0.1, 0.15) is 5.56 Å². The van der Waals surface area contributed by atoms with Gasteiger partial charge in [0.05, 0.1) is 0 Å². The number of halogens is 4. The molecule has 0 aromatic heterocycles. The molecule has 0 heterocycles. The van der Waals surface area contributed by atoms with Crippen molar-refractivity contribution in [1.29, 1.82) is 0 Å². The lowest BCUT2D eigenvalue weighted by molar-refractivity contribution is -0.274. The largest absolute Gasteiger partial charge is 0.573 e. The quantitative estimate of drug-likeness (QED) is 0.869. The highest BCUT2D eigenvalue weighted by Crippen LogP contribution is 2.34. The van der Waals surface area contributed by atoms with Crippen LogP contribution >= 0.6 is 0 Å². The summed E-state index contributed by atoms with van der Waals surface area (Å²) in [5.41, 5.74) is 6.24. The van der Waals surface area contributed by atoms with Crippen LogP contribution in [0.4, 0.5) is 17.6 Å². The van der Waals surface area contributed by atoms with Crippen molar-refractivity contribution in [2.75, 3.05) is 0 Å². The number of benzene rings is 2. The number of nitrogens with two attached hydrogens (primary N) is 1. The molecule has 0 fully saturated rings. The zero-order valence-corrected chi connectivity index (χ0v) is 10.2. The lowest BCUT2D eigenvalue weighted by Crippen LogP contribution is -2.17. The third-order valence-electron chi connectivity index (χ3n) is 2.69. The molecule has 0 bridgehead atoms. The summed E-state index contributed by atoms with van der Waals surface area (Å²) >= 11 is 0. The lowest BCUT2D eigenvalue weighted by Gasteiger charge is -2.14. The van der Waals surface area contributed by atoms with Crippen molar-refractivity contribution in [2.24, 2.45) is 5.73 Å². The van der Waals surface area contributed by atoms with E-state index in [0.717, 1.165) is 0 Å². The fourth-order valence-electron chi connectivity index (χ4n) is 1.82. The van der Waals surface area contributed by atoms with Crippen LogP contribution in [0.5, 0.6) is 5.75 Å². The molecule has 0 saturated heterocycles. The van der Waals surface area contributed by atoms with Gasteiger partial charge in [0.2, 0.25) is 0 Å². The number of para-hydroxylation sites is 1. The summed E-state index contributed by atoms with van der Waals surface area (Å²) < 4.78 is 54.4. The first-order valence-electron chi connectivity index (χ1n) is 5.74. The summed E-state index contributed by atoms with van der Waals surface area (Å²) in [5.74, 6) is -0.833. The van der Waals surface area contributed by atoms with Crippen LogP contribution in [0.3, 0.4) is 0 Å². The minimum atomic E-state index is -4.78. The molecule has 2 N–H and O–H groups in total. The molecule has 2 nitrogen and oxygen atoms in total. The van der Waals surface area contributed by atoms with Gasteiger partial charge in [-0.1, -0.05) is 24.3 Å². The molecule has 0 amide bonds. The second kappa shape index (κ2) is 5.50. The van der Waals surface area contributed by atoms with Crippen LogP contribution in [0, 0.1) is 5.82 Å². The van der Waals surface area contributed by atoms with Gasteiger partial charge in [-0.05, 0) is 23.8 Å². The highest BCUT2D eigenvalue weighted by atomic mass is 19.4. The van der Waals surface area contributed by atoms with Crippen molar-refractivity contribution in [2.45, 2.75) is 12.9 Å². The molecule has 0 atom stereocenters. The van der Waals surface area contributed by atoms with Crippen molar-refractivity contribution in [1.82, 2.24) is 0 Å². The van der Waals surface area contributed by atoms with Gasteiger partial charge in [-0.2, -0.15) is 0 Å². The molecule has 0 radical (unpaired) electrons. The Morgan fingerprint density at radius 3 is 2.40 bits per heavy atom. The van der Waals surface area contributed by atoms with E-state index in [1.807, 2.05) is 0 Å². The van der Waals surface area contributed by atoms with Crippen molar-refractivity contribution < 1.29 is 22.3 Å². The Morgan fingerprint density at radius 1 is 1.05 bits per heavy atom. The highest BCUT2D eigenvalue weighted by molar-refractivity contribution is 5.71. The van der Waals surface area contributed by atoms with E-state index < -0.39 is 12.2 Å². The summed E-state index contributed by atoms with van der Waals surface area (Å²) in [6.45, 7) is -0.0397. The normalized spacial score (nSPS) is 11.4. The van der Waals surface area contributed by atoms with Gasteiger partial charge in [0, 0.05) is 17.7 Å². The highest BCUT2D eigenvalue weighted by Gasteiger charge is 2.32. The van der Waals surface area contributed by atoms with Crippen LogP contribution in [-0.4, -0.2) is 6.36 Å². The topological polar surface area (TPSA) is 35.2 Å². The maximum Gasteiger partial charge on any atom is 0.573 e. The predicted octanol–water partition coefficient (Wildman–Crippen LogP) is 3.85. The van der Waals surface area contributed by atoms with E-state index in [1.165, 1.54) is 36.4 Å². The smallest absolute Gasteiger partial charge is 0.405 e. The second-order valence-electron chi connectivity index (χ2n) is 4.05. The predicted molar refractivity (Wildman–Crippen MR) is 66.4 cm³/mol. The Labute approximate surface area is 112 Å². The fraction of sp³-hybridized carbons (Fsp3) is 0.143. The molecule has 0 unspecified atom stereocenters. The van der Waals surface area contributed by atoms with Crippen LogP contribution in [-0.2, 0) is 6.54 Å². The first kappa shape index (κ1) is 14.3. The van der Waals surface area contributed by atoms with Gasteiger partial charge < -0.3 is 10.5 Å². The molecule has 0 spiro atoms. The van der Waals surface area contributed by atoms with Gasteiger partial charge in [0.25, 0.3) is 0 Å². The van der Waals surface area contributed by atoms with E-state index in [2.05, 4.69) is 4.74 Å². The van der Waals surface area contributed by atoms with Gasteiger partial charge in [-0.3, -0.25) is 0 Å². The van der Waals surface area contributed by atoms with Gasteiger partial charge >= 0.3 is 6.36 Å². The second-order valence-corrected chi connectivity index (χ2v) is 4.05. The average Bonchev–Trinajstić information content (AvgIpc) is 2.38. The molecule has 2 aromatic carbocycles. The first-order chi connectivity index (χ1) is 9.40. The summed E-state index contributed by atoms with van der Waals surface area (Å²) in [6, 6.07) is 9.63. The van der Waals surface area contributed by atoms with Crippen molar-refractivity contribution in [3.63, 3.8) is 0 Å². The molecule has 20 heavy (non-hydrogen) atoms. The van der Waals surface area contributed by atoms with Gasteiger partial charge in [0.15, 0.2) is 0 Å². The maximum atomic E-state index is 13.4. The number of hydrogen-bond donors (Lipinski definition) is 1. The zero-order valence-electron chi connectivity index (χ0n) is 10.2. The minimum absolute atomic E-state index is 0.0397. The molecule has 0 saturated carbocycles. The Kier molecular flexibility index (Phi) is 3.94.